The molecular weight excluding hydrogens is 1350 g/mol. The number of hydrogen-bond donors (Lipinski definition) is 0. The van der Waals surface area contributed by atoms with Crippen LogP contribution in [0.2, 0.25) is 0 Å². The lowest BCUT2D eigenvalue weighted by Gasteiger charge is -2.25. The van der Waals surface area contributed by atoms with Crippen LogP contribution in [0.1, 0.15) is 18.6 Å². The molecule has 504 valence electrons. The molecule has 7 heteroatoms. The zero-order valence-corrected chi connectivity index (χ0v) is 58.4. The summed E-state index contributed by atoms with van der Waals surface area (Å²) in [5, 5.41) is 10.00. The van der Waals surface area contributed by atoms with Gasteiger partial charge in [0.15, 0.2) is 0 Å². The second-order valence-corrected chi connectivity index (χ2v) is 27.1. The van der Waals surface area contributed by atoms with Gasteiger partial charge < -0.3 is 23.2 Å². The van der Waals surface area contributed by atoms with Crippen molar-refractivity contribution in [3.63, 3.8) is 0 Å². The molecule has 20 aromatic rings. The Morgan fingerprint density at radius 3 is 0.800 bits per heavy atom. The fourth-order valence-corrected chi connectivity index (χ4v) is 15.5. The molecule has 0 N–H and O–H groups in total. The SMILES string of the molecule is Brc1ccc(-c2ccc3c(c2)c2cc4c(cc2n3-c2ccccc2)c2ccccc2n4-c2ccccc2)cc1.C.F.c1ccc(Cc2ccccc2)cc1.c1ccc(N(c2ccccc2)c2ccc(-c3ccc4c(c3)c3cc5c(cc3n4-c3ccccc3)c3ccccc3n5-c3ccccc3)cc2)cc1. The van der Waals surface area contributed by atoms with E-state index in [1.54, 1.807) is 0 Å². The van der Waals surface area contributed by atoms with Gasteiger partial charge >= 0.3 is 0 Å². The third-order valence-corrected chi connectivity index (χ3v) is 20.5. The molecule has 4 heterocycles. The molecule has 0 aliphatic carbocycles. The van der Waals surface area contributed by atoms with Crippen molar-refractivity contribution in [2.75, 3.05) is 4.90 Å². The van der Waals surface area contributed by atoms with Crippen LogP contribution in [0.4, 0.5) is 21.8 Å². The van der Waals surface area contributed by atoms with Crippen molar-refractivity contribution in [1.29, 1.82) is 0 Å². The molecular formula is C98H73BrFN5. The maximum atomic E-state index is 3.58. The Hall–Kier alpha value is -13.1. The molecule has 5 nitrogen and oxygen atoms in total. The highest BCUT2D eigenvalue weighted by Gasteiger charge is 2.22. The van der Waals surface area contributed by atoms with E-state index in [-0.39, 0.29) is 12.1 Å². The Balaban J connectivity index is 0.000000138. The van der Waals surface area contributed by atoms with Gasteiger partial charge in [-0.05, 0) is 198 Å². The van der Waals surface area contributed by atoms with Crippen LogP contribution in [0, 0.1) is 0 Å². The summed E-state index contributed by atoms with van der Waals surface area (Å²) >= 11 is 3.58. The van der Waals surface area contributed by atoms with E-state index in [0.29, 0.717) is 0 Å². The summed E-state index contributed by atoms with van der Waals surface area (Å²) in [7, 11) is 0. The summed E-state index contributed by atoms with van der Waals surface area (Å²) < 4.78 is 10.7. The first-order valence-electron chi connectivity index (χ1n) is 35.1. The number of anilines is 3. The largest absolute Gasteiger partial charge is 0.311 e. The van der Waals surface area contributed by atoms with E-state index in [4.69, 9.17) is 0 Å². The first-order chi connectivity index (χ1) is 51.0. The molecule has 4 aromatic heterocycles. The number of fused-ring (bicyclic) bond motifs is 12. The lowest BCUT2D eigenvalue weighted by atomic mass is 10.0. The second-order valence-electron chi connectivity index (χ2n) is 26.2. The van der Waals surface area contributed by atoms with Crippen molar-refractivity contribution in [3.8, 4) is 45.0 Å². The van der Waals surface area contributed by atoms with E-state index in [2.05, 4.69) is 439 Å². The highest BCUT2D eigenvalue weighted by atomic mass is 79.9. The van der Waals surface area contributed by atoms with E-state index in [9.17, 15) is 0 Å². The minimum atomic E-state index is 0. The molecule has 0 spiro atoms. The Morgan fingerprint density at radius 2 is 0.457 bits per heavy atom. The Morgan fingerprint density at radius 1 is 0.210 bits per heavy atom. The Labute approximate surface area is 618 Å². The fraction of sp³-hybridized carbons (Fsp3) is 0.0204. The molecule has 0 amide bonds. The van der Waals surface area contributed by atoms with Gasteiger partial charge in [-0.2, -0.15) is 0 Å². The van der Waals surface area contributed by atoms with Gasteiger partial charge in [-0.25, -0.2) is 0 Å². The Kier molecular flexibility index (Phi) is 18.4. The van der Waals surface area contributed by atoms with E-state index >= 15 is 0 Å². The van der Waals surface area contributed by atoms with E-state index < -0.39 is 0 Å². The van der Waals surface area contributed by atoms with Gasteiger partial charge in [0.1, 0.15) is 0 Å². The molecule has 0 unspecified atom stereocenters. The lowest BCUT2D eigenvalue weighted by molar-refractivity contribution is 1.11. The lowest BCUT2D eigenvalue weighted by Crippen LogP contribution is -2.09. The fourth-order valence-electron chi connectivity index (χ4n) is 15.2. The number of nitrogens with zero attached hydrogens (tertiary/aromatic N) is 5. The van der Waals surface area contributed by atoms with Crippen molar-refractivity contribution < 1.29 is 4.70 Å². The highest BCUT2D eigenvalue weighted by Crippen LogP contribution is 2.44. The molecule has 16 aromatic carbocycles. The first-order valence-corrected chi connectivity index (χ1v) is 35.9. The molecule has 20 rings (SSSR count). The minimum absolute atomic E-state index is 0. The topological polar surface area (TPSA) is 23.0 Å². The third kappa shape index (κ3) is 12.6. The van der Waals surface area contributed by atoms with Crippen molar-refractivity contribution in [2.45, 2.75) is 13.8 Å². The second kappa shape index (κ2) is 29.1. The number of aromatic nitrogens is 4. The summed E-state index contributed by atoms with van der Waals surface area (Å²) in [6, 6.07) is 143. The zero-order valence-electron chi connectivity index (χ0n) is 56.8. The van der Waals surface area contributed by atoms with Crippen LogP contribution in [-0.2, 0) is 6.42 Å². The van der Waals surface area contributed by atoms with Gasteiger partial charge in [0.25, 0.3) is 0 Å². The average molecular weight is 1420 g/mol. The molecule has 0 fully saturated rings. The van der Waals surface area contributed by atoms with Crippen LogP contribution in [0.25, 0.3) is 132 Å². The zero-order chi connectivity index (χ0) is 68.6. The van der Waals surface area contributed by atoms with Crippen LogP contribution in [0.5, 0.6) is 0 Å². The van der Waals surface area contributed by atoms with Crippen LogP contribution in [0.3, 0.4) is 0 Å². The molecule has 0 aliphatic heterocycles. The summed E-state index contributed by atoms with van der Waals surface area (Å²) in [5.41, 5.74) is 25.2. The van der Waals surface area contributed by atoms with E-state index in [1.807, 2.05) is 0 Å². The molecule has 0 atom stereocenters. The molecule has 105 heavy (non-hydrogen) atoms. The molecule has 0 saturated carbocycles. The highest BCUT2D eigenvalue weighted by molar-refractivity contribution is 9.10. The quantitative estimate of drug-likeness (QED) is 0.127. The number of hydrogen-bond acceptors (Lipinski definition) is 1. The number of benzene rings is 16. The maximum absolute atomic E-state index is 3.58. The molecule has 0 aliphatic rings. The predicted molar refractivity (Wildman–Crippen MR) is 448 cm³/mol. The summed E-state index contributed by atoms with van der Waals surface area (Å²) in [6.07, 6.45) is 1.03. The smallest absolute Gasteiger partial charge is 0.0548 e. The van der Waals surface area contributed by atoms with Crippen LogP contribution < -0.4 is 4.90 Å². The van der Waals surface area contributed by atoms with Crippen LogP contribution in [0.15, 0.2) is 405 Å². The summed E-state index contributed by atoms with van der Waals surface area (Å²) in [5.74, 6) is 0. The molecule has 0 radical (unpaired) electrons. The maximum Gasteiger partial charge on any atom is 0.0548 e. The van der Waals surface area contributed by atoms with E-state index in [0.717, 1.165) is 39.3 Å². The minimum Gasteiger partial charge on any atom is -0.311 e. The van der Waals surface area contributed by atoms with Crippen LogP contribution in [-0.4, -0.2) is 18.3 Å². The number of halogens is 2. The van der Waals surface area contributed by atoms with Gasteiger partial charge in [-0.3, -0.25) is 4.70 Å². The van der Waals surface area contributed by atoms with Gasteiger partial charge in [0, 0.05) is 87.4 Å². The van der Waals surface area contributed by atoms with E-state index in [1.165, 1.54) is 132 Å². The normalized spacial score (nSPS) is 11.2. The first kappa shape index (κ1) is 66.5. The number of rotatable bonds is 11. The standard InChI is InChI=1S/C48H33N3.C36H23BrN2.C13H12.CH4.FH/c1-5-15-36(16-6-1)49(37-17-7-2-8-18-37)40-28-25-34(26-29-40)35-27-30-46-42(31-35)44-33-47-43(32-48(44)51(46)39-21-11-4-12-22-39)41-23-13-14-24-45(41)50(47)38-19-9-3-10-20-38;37-26-18-15-24(16-19-26)25-17-20-34-30(21-25)32-23-35-31(22-36(32)39(34)28-11-5-2-6-12-28)29-13-7-8-14-33(29)38(35)27-9-3-1-4-10-27;1-3-7-12(8-4-1)11-13-9-5-2-6-10-13;;/h1-33H;1-23H;1-10H,11H2;1H4;1H. The van der Waals surface area contributed by atoms with Crippen molar-refractivity contribution in [3.05, 3.63) is 416 Å². The predicted octanol–water partition coefficient (Wildman–Crippen LogP) is 27.4. The van der Waals surface area contributed by atoms with Crippen LogP contribution >= 0.6 is 15.9 Å². The average Bonchev–Trinajstić information content (AvgIpc) is 1.56. The monoisotopic (exact) mass is 1420 g/mol. The van der Waals surface area contributed by atoms with Crippen molar-refractivity contribution >= 4 is 120 Å². The van der Waals surface area contributed by atoms with Gasteiger partial charge in [0.05, 0.1) is 44.1 Å². The van der Waals surface area contributed by atoms with Gasteiger partial charge in [-0.1, -0.05) is 266 Å². The summed E-state index contributed by atoms with van der Waals surface area (Å²) in [6.45, 7) is 0. The third-order valence-electron chi connectivity index (χ3n) is 19.9. The van der Waals surface area contributed by atoms with Crippen molar-refractivity contribution in [2.24, 2.45) is 0 Å². The number of para-hydroxylation sites is 8. The van der Waals surface area contributed by atoms with Gasteiger partial charge in [-0.15, -0.1) is 0 Å². The summed E-state index contributed by atoms with van der Waals surface area (Å²) in [4.78, 5) is 2.30. The van der Waals surface area contributed by atoms with Crippen molar-refractivity contribution in [1.82, 2.24) is 18.3 Å². The molecule has 0 bridgehead atoms. The van der Waals surface area contributed by atoms with Gasteiger partial charge in [0.2, 0.25) is 0 Å². The molecule has 0 saturated heterocycles. The Bertz CT molecular complexity index is 6320.